The van der Waals surface area contributed by atoms with Crippen molar-refractivity contribution in [2.24, 2.45) is 0 Å². The quantitative estimate of drug-likeness (QED) is 0.734. The average molecular weight is 348 g/mol. The van der Waals surface area contributed by atoms with Crippen LogP contribution in [0.5, 0.6) is 0 Å². The molecule has 6 heteroatoms. The van der Waals surface area contributed by atoms with E-state index >= 15 is 0 Å². The van der Waals surface area contributed by atoms with Gasteiger partial charge in [-0.1, -0.05) is 6.07 Å². The Morgan fingerprint density at radius 2 is 1.92 bits per heavy atom. The van der Waals surface area contributed by atoms with Gasteiger partial charge in [-0.15, -0.1) is 0 Å². The first-order valence-corrected chi connectivity index (χ1v) is 8.89. The summed E-state index contributed by atoms with van der Waals surface area (Å²) in [6.45, 7) is 4.50. The largest absolute Gasteiger partial charge is 0.385 e. The van der Waals surface area contributed by atoms with E-state index in [1.165, 1.54) is 13.3 Å². The predicted octanol–water partition coefficient (Wildman–Crippen LogP) is 2.82. The standard InChI is InChI=1S/C19H28N2O4/c1-15(22)20-18-9-6-8-16(17(18)14-25-13-7-12-24-2)19(23)21-10-4-3-5-11-21/h6,8-9H,3-5,7,10-14H2,1-2H3,(H,20,22). The molecule has 0 saturated carbocycles. The van der Waals surface area contributed by atoms with Gasteiger partial charge in [-0.25, -0.2) is 0 Å². The van der Waals surface area contributed by atoms with Gasteiger partial charge in [0, 0.05) is 57.2 Å². The first-order valence-electron chi connectivity index (χ1n) is 8.89. The molecule has 1 fully saturated rings. The third-order valence-electron chi connectivity index (χ3n) is 4.24. The number of amides is 2. The van der Waals surface area contributed by atoms with E-state index < -0.39 is 0 Å². The second-order valence-electron chi connectivity index (χ2n) is 6.26. The lowest BCUT2D eigenvalue weighted by Crippen LogP contribution is -2.36. The Balaban J connectivity index is 2.17. The number of nitrogens with zero attached hydrogens (tertiary/aromatic N) is 1. The average Bonchev–Trinajstić information content (AvgIpc) is 2.62. The molecule has 2 amide bonds. The van der Waals surface area contributed by atoms with Crippen molar-refractivity contribution in [2.75, 3.05) is 38.7 Å². The number of nitrogens with one attached hydrogen (secondary N) is 1. The fourth-order valence-electron chi connectivity index (χ4n) is 3.00. The van der Waals surface area contributed by atoms with E-state index in [4.69, 9.17) is 9.47 Å². The lowest BCUT2D eigenvalue weighted by Gasteiger charge is -2.28. The van der Waals surface area contributed by atoms with Gasteiger partial charge in [-0.3, -0.25) is 9.59 Å². The molecule has 6 nitrogen and oxygen atoms in total. The van der Waals surface area contributed by atoms with Crippen LogP contribution in [0.25, 0.3) is 0 Å². The van der Waals surface area contributed by atoms with Crippen LogP contribution in [-0.4, -0.2) is 50.1 Å². The molecule has 1 heterocycles. The van der Waals surface area contributed by atoms with Gasteiger partial charge in [0.25, 0.3) is 5.91 Å². The van der Waals surface area contributed by atoms with Crippen molar-refractivity contribution in [3.63, 3.8) is 0 Å². The van der Waals surface area contributed by atoms with Crippen LogP contribution in [0.4, 0.5) is 5.69 Å². The molecule has 0 atom stereocenters. The molecule has 1 aromatic rings. The molecule has 138 valence electrons. The zero-order valence-electron chi connectivity index (χ0n) is 15.2. The van der Waals surface area contributed by atoms with Crippen molar-refractivity contribution >= 4 is 17.5 Å². The number of hydrogen-bond acceptors (Lipinski definition) is 4. The second kappa shape index (κ2) is 10.2. The molecule has 1 N–H and O–H groups in total. The zero-order valence-corrected chi connectivity index (χ0v) is 15.2. The highest BCUT2D eigenvalue weighted by Crippen LogP contribution is 2.24. The smallest absolute Gasteiger partial charge is 0.254 e. The first kappa shape index (κ1) is 19.4. The summed E-state index contributed by atoms with van der Waals surface area (Å²) in [5.41, 5.74) is 1.99. The number of piperidine rings is 1. The molecular formula is C19H28N2O4. The molecule has 25 heavy (non-hydrogen) atoms. The minimum absolute atomic E-state index is 0.0161. The van der Waals surface area contributed by atoms with E-state index in [1.54, 1.807) is 13.2 Å². The van der Waals surface area contributed by atoms with Crippen LogP contribution in [-0.2, 0) is 20.9 Å². The van der Waals surface area contributed by atoms with Gasteiger partial charge in [0.15, 0.2) is 0 Å². The monoisotopic (exact) mass is 348 g/mol. The first-order chi connectivity index (χ1) is 12.1. The highest BCUT2D eigenvalue weighted by molar-refractivity contribution is 5.99. The van der Waals surface area contributed by atoms with E-state index in [9.17, 15) is 9.59 Å². The number of likely N-dealkylation sites (tertiary alicyclic amines) is 1. The normalized spacial score (nSPS) is 14.4. The Kier molecular flexibility index (Phi) is 7.88. The molecule has 0 bridgehead atoms. The van der Waals surface area contributed by atoms with Gasteiger partial charge in [0.1, 0.15) is 0 Å². The maximum absolute atomic E-state index is 12.9. The van der Waals surface area contributed by atoms with E-state index in [0.717, 1.165) is 37.9 Å². The summed E-state index contributed by atoms with van der Waals surface area (Å²) in [4.78, 5) is 26.3. The summed E-state index contributed by atoms with van der Waals surface area (Å²) < 4.78 is 10.7. The van der Waals surface area contributed by atoms with Crippen molar-refractivity contribution in [3.05, 3.63) is 29.3 Å². The molecule has 2 rings (SSSR count). The summed E-state index contributed by atoms with van der Waals surface area (Å²) >= 11 is 0. The summed E-state index contributed by atoms with van der Waals surface area (Å²) in [6, 6.07) is 5.43. The third-order valence-corrected chi connectivity index (χ3v) is 4.24. The maximum Gasteiger partial charge on any atom is 0.254 e. The summed E-state index contributed by atoms with van der Waals surface area (Å²) in [7, 11) is 1.65. The fraction of sp³-hybridized carbons (Fsp3) is 0.579. The van der Waals surface area contributed by atoms with Crippen LogP contribution in [0, 0.1) is 0 Å². The van der Waals surface area contributed by atoms with Gasteiger partial charge in [0.05, 0.1) is 6.61 Å². The molecule has 1 aliphatic rings. The van der Waals surface area contributed by atoms with Crippen molar-refractivity contribution < 1.29 is 19.1 Å². The fourth-order valence-corrected chi connectivity index (χ4v) is 3.00. The molecule has 0 radical (unpaired) electrons. The van der Waals surface area contributed by atoms with Crippen molar-refractivity contribution in [2.45, 2.75) is 39.2 Å². The molecule has 0 aromatic heterocycles. The SMILES string of the molecule is COCCCOCc1c(NC(C)=O)cccc1C(=O)N1CCCCC1. The van der Waals surface area contributed by atoms with Gasteiger partial charge in [0.2, 0.25) is 5.91 Å². The van der Waals surface area contributed by atoms with Crippen molar-refractivity contribution in [3.8, 4) is 0 Å². The number of carbonyl (C=O) groups excluding carboxylic acids is 2. The summed E-state index contributed by atoms with van der Waals surface area (Å²) in [5, 5.41) is 2.81. The third kappa shape index (κ3) is 5.83. The second-order valence-corrected chi connectivity index (χ2v) is 6.26. The highest BCUT2D eigenvalue weighted by Gasteiger charge is 2.22. The van der Waals surface area contributed by atoms with Crippen LogP contribution in [0.15, 0.2) is 18.2 Å². The molecule has 0 unspecified atom stereocenters. The molecular weight excluding hydrogens is 320 g/mol. The van der Waals surface area contributed by atoms with Gasteiger partial charge < -0.3 is 19.7 Å². The number of benzene rings is 1. The van der Waals surface area contributed by atoms with E-state index in [1.807, 2.05) is 17.0 Å². The summed E-state index contributed by atoms with van der Waals surface area (Å²) in [6.07, 6.45) is 4.04. The van der Waals surface area contributed by atoms with Gasteiger partial charge in [-0.05, 0) is 37.8 Å². The number of hydrogen-bond donors (Lipinski definition) is 1. The minimum Gasteiger partial charge on any atom is -0.385 e. The number of methoxy groups -OCH3 is 1. The van der Waals surface area contributed by atoms with Crippen LogP contribution in [0.1, 0.15) is 48.5 Å². The van der Waals surface area contributed by atoms with Crippen LogP contribution in [0.2, 0.25) is 0 Å². The maximum atomic E-state index is 12.9. The molecule has 1 aromatic carbocycles. The van der Waals surface area contributed by atoms with E-state index in [2.05, 4.69) is 5.32 Å². The van der Waals surface area contributed by atoms with E-state index in [0.29, 0.717) is 24.5 Å². The Morgan fingerprint density at radius 3 is 2.60 bits per heavy atom. The number of rotatable bonds is 8. The number of anilines is 1. The molecule has 1 aliphatic heterocycles. The minimum atomic E-state index is -0.164. The Labute approximate surface area is 149 Å². The van der Waals surface area contributed by atoms with Crippen LogP contribution >= 0.6 is 0 Å². The lowest BCUT2D eigenvalue weighted by atomic mass is 10.0. The molecule has 0 spiro atoms. The predicted molar refractivity (Wildman–Crippen MR) is 96.6 cm³/mol. The summed E-state index contributed by atoms with van der Waals surface area (Å²) in [5.74, 6) is -0.148. The Hall–Kier alpha value is -1.92. The number of carbonyl (C=O) groups is 2. The number of ether oxygens (including phenoxy) is 2. The van der Waals surface area contributed by atoms with Crippen LogP contribution < -0.4 is 5.32 Å². The van der Waals surface area contributed by atoms with Crippen molar-refractivity contribution in [1.29, 1.82) is 0 Å². The highest BCUT2D eigenvalue weighted by atomic mass is 16.5. The topological polar surface area (TPSA) is 67.9 Å². The van der Waals surface area contributed by atoms with E-state index in [-0.39, 0.29) is 18.4 Å². The Bertz CT molecular complexity index is 583. The van der Waals surface area contributed by atoms with Gasteiger partial charge >= 0.3 is 0 Å². The molecule has 1 saturated heterocycles. The molecule has 0 aliphatic carbocycles. The zero-order chi connectivity index (χ0) is 18.1. The lowest BCUT2D eigenvalue weighted by molar-refractivity contribution is -0.114. The van der Waals surface area contributed by atoms with Crippen LogP contribution in [0.3, 0.4) is 0 Å². The Morgan fingerprint density at radius 1 is 1.16 bits per heavy atom. The van der Waals surface area contributed by atoms with Crippen molar-refractivity contribution in [1.82, 2.24) is 4.90 Å². The van der Waals surface area contributed by atoms with Gasteiger partial charge in [-0.2, -0.15) is 0 Å².